The Hall–Kier alpha value is -2.28. The lowest BCUT2D eigenvalue weighted by molar-refractivity contribution is -0.147. The third-order valence-electron chi connectivity index (χ3n) is 3.03. The van der Waals surface area contributed by atoms with Crippen LogP contribution >= 0.6 is 0 Å². The number of rotatable bonds is 3. The van der Waals surface area contributed by atoms with E-state index >= 15 is 0 Å². The van der Waals surface area contributed by atoms with Crippen molar-refractivity contribution >= 4 is 11.9 Å². The van der Waals surface area contributed by atoms with E-state index in [9.17, 15) is 9.59 Å². The topological polar surface area (TPSA) is 52.6 Å². The van der Waals surface area contributed by atoms with Crippen molar-refractivity contribution in [3.8, 4) is 12.3 Å². The molecular formula is C15H14O4. The lowest BCUT2D eigenvalue weighted by Gasteiger charge is -2.20. The van der Waals surface area contributed by atoms with E-state index in [1.165, 1.54) is 0 Å². The monoisotopic (exact) mass is 258 g/mol. The Labute approximate surface area is 111 Å². The average Bonchev–Trinajstić information content (AvgIpc) is 2.79. The molecule has 19 heavy (non-hydrogen) atoms. The summed E-state index contributed by atoms with van der Waals surface area (Å²) in [5.41, 5.74) is 0.403. The van der Waals surface area contributed by atoms with Gasteiger partial charge in [-0.05, 0) is 19.1 Å². The molecule has 0 bridgehead atoms. The van der Waals surface area contributed by atoms with Crippen molar-refractivity contribution in [3.63, 3.8) is 0 Å². The SMILES string of the molecule is C#C[C@@]1(COC(=O)c2ccc(C)cc2)CCC(=O)O1. The molecule has 1 aliphatic rings. The van der Waals surface area contributed by atoms with Gasteiger partial charge in [0.2, 0.25) is 5.60 Å². The van der Waals surface area contributed by atoms with Crippen LogP contribution in [0.5, 0.6) is 0 Å². The molecule has 2 rings (SSSR count). The predicted octanol–water partition coefficient (Wildman–Crippen LogP) is 1.86. The highest BCUT2D eigenvalue weighted by atomic mass is 16.6. The minimum absolute atomic E-state index is 0.109. The lowest BCUT2D eigenvalue weighted by Crippen LogP contribution is -2.33. The number of benzene rings is 1. The second kappa shape index (κ2) is 5.15. The number of hydrogen-bond donors (Lipinski definition) is 0. The van der Waals surface area contributed by atoms with Gasteiger partial charge in [-0.1, -0.05) is 23.6 Å². The van der Waals surface area contributed by atoms with E-state index in [2.05, 4.69) is 5.92 Å². The number of carbonyl (C=O) groups excluding carboxylic acids is 2. The lowest BCUT2D eigenvalue weighted by atomic mass is 10.0. The first-order valence-electron chi connectivity index (χ1n) is 5.98. The molecule has 1 aromatic rings. The van der Waals surface area contributed by atoms with Crippen LogP contribution in [0.4, 0.5) is 0 Å². The molecule has 98 valence electrons. The van der Waals surface area contributed by atoms with Gasteiger partial charge in [-0.15, -0.1) is 6.42 Å². The number of hydrogen-bond acceptors (Lipinski definition) is 4. The van der Waals surface area contributed by atoms with Crippen LogP contribution < -0.4 is 0 Å². The highest BCUT2D eigenvalue weighted by Crippen LogP contribution is 2.26. The largest absolute Gasteiger partial charge is 0.457 e. The summed E-state index contributed by atoms with van der Waals surface area (Å²) in [4.78, 5) is 22.9. The molecular weight excluding hydrogens is 244 g/mol. The van der Waals surface area contributed by atoms with Crippen LogP contribution in [0.1, 0.15) is 28.8 Å². The minimum Gasteiger partial charge on any atom is -0.457 e. The quantitative estimate of drug-likeness (QED) is 0.613. The Kier molecular flexibility index (Phi) is 3.57. The summed E-state index contributed by atoms with van der Waals surface area (Å²) in [6.07, 6.45) is 5.99. The molecule has 1 aromatic carbocycles. The van der Waals surface area contributed by atoms with Crippen molar-refractivity contribution in [2.75, 3.05) is 6.61 Å². The summed E-state index contributed by atoms with van der Waals surface area (Å²) in [6.45, 7) is 1.82. The molecule has 1 aliphatic heterocycles. The maximum atomic E-state index is 11.8. The van der Waals surface area contributed by atoms with Crippen LogP contribution in [0, 0.1) is 19.3 Å². The third-order valence-corrected chi connectivity index (χ3v) is 3.03. The van der Waals surface area contributed by atoms with Gasteiger partial charge in [0.15, 0.2) is 0 Å². The Morgan fingerprint density at radius 1 is 1.47 bits per heavy atom. The van der Waals surface area contributed by atoms with E-state index in [1.54, 1.807) is 12.1 Å². The van der Waals surface area contributed by atoms with E-state index in [-0.39, 0.29) is 19.0 Å². The Balaban J connectivity index is 1.99. The van der Waals surface area contributed by atoms with Gasteiger partial charge in [-0.3, -0.25) is 4.79 Å². The minimum atomic E-state index is -1.10. The maximum Gasteiger partial charge on any atom is 0.338 e. The molecule has 4 nitrogen and oxygen atoms in total. The van der Waals surface area contributed by atoms with Crippen LogP contribution in [0.3, 0.4) is 0 Å². The average molecular weight is 258 g/mol. The van der Waals surface area contributed by atoms with Crippen LogP contribution in [-0.2, 0) is 14.3 Å². The van der Waals surface area contributed by atoms with Crippen molar-refractivity contribution in [2.24, 2.45) is 0 Å². The number of aryl methyl sites for hydroxylation is 1. The Bertz CT molecular complexity index is 538. The number of cyclic esters (lactones) is 1. The second-order valence-electron chi connectivity index (χ2n) is 4.55. The number of ether oxygens (including phenoxy) is 2. The van der Waals surface area contributed by atoms with Crippen LogP contribution in [0.25, 0.3) is 0 Å². The summed E-state index contributed by atoms with van der Waals surface area (Å²) in [5.74, 6) is 1.57. The smallest absolute Gasteiger partial charge is 0.338 e. The summed E-state index contributed by atoms with van der Waals surface area (Å²) in [6, 6.07) is 7.01. The van der Waals surface area contributed by atoms with Gasteiger partial charge in [0.05, 0.1) is 12.0 Å². The van der Waals surface area contributed by atoms with Crippen LogP contribution in [0.15, 0.2) is 24.3 Å². The fourth-order valence-electron chi connectivity index (χ4n) is 1.82. The van der Waals surface area contributed by atoms with Gasteiger partial charge in [0.25, 0.3) is 0 Å². The molecule has 0 amide bonds. The first-order valence-corrected chi connectivity index (χ1v) is 5.98. The summed E-state index contributed by atoms with van der Waals surface area (Å²) < 4.78 is 10.2. The molecule has 0 aromatic heterocycles. The zero-order valence-corrected chi connectivity index (χ0v) is 10.6. The van der Waals surface area contributed by atoms with E-state index in [4.69, 9.17) is 15.9 Å². The molecule has 0 spiro atoms. The predicted molar refractivity (Wildman–Crippen MR) is 68.4 cm³/mol. The van der Waals surface area contributed by atoms with E-state index < -0.39 is 11.6 Å². The van der Waals surface area contributed by atoms with Crippen LogP contribution in [0.2, 0.25) is 0 Å². The van der Waals surface area contributed by atoms with Gasteiger partial charge in [0.1, 0.15) is 6.61 Å². The first-order chi connectivity index (χ1) is 9.04. The molecule has 1 fully saturated rings. The Morgan fingerprint density at radius 2 is 2.16 bits per heavy atom. The highest BCUT2D eigenvalue weighted by Gasteiger charge is 2.40. The summed E-state index contributed by atoms with van der Waals surface area (Å²) >= 11 is 0. The third kappa shape index (κ3) is 2.94. The molecule has 0 N–H and O–H groups in total. The maximum absolute atomic E-state index is 11.8. The fourth-order valence-corrected chi connectivity index (χ4v) is 1.82. The fraction of sp³-hybridized carbons (Fsp3) is 0.333. The second-order valence-corrected chi connectivity index (χ2v) is 4.55. The number of terminal acetylenes is 1. The Morgan fingerprint density at radius 3 is 2.68 bits per heavy atom. The molecule has 1 atom stereocenters. The zero-order valence-electron chi connectivity index (χ0n) is 10.6. The summed E-state index contributed by atoms with van der Waals surface area (Å²) in [7, 11) is 0. The number of carbonyl (C=O) groups is 2. The first kappa shape index (κ1) is 13.2. The number of esters is 2. The molecule has 1 heterocycles. The standard InChI is InChI=1S/C15H14O4/c1-3-15(9-8-13(16)19-15)10-18-14(17)12-6-4-11(2)5-7-12/h1,4-7H,8-10H2,2H3/t15-/m0/s1. The van der Waals surface area contributed by atoms with Crippen molar-refractivity contribution in [1.82, 2.24) is 0 Å². The molecule has 0 radical (unpaired) electrons. The van der Waals surface area contributed by atoms with Gasteiger partial charge in [0, 0.05) is 6.42 Å². The molecule has 0 aliphatic carbocycles. The highest BCUT2D eigenvalue weighted by molar-refractivity contribution is 5.89. The van der Waals surface area contributed by atoms with Crippen molar-refractivity contribution in [2.45, 2.75) is 25.4 Å². The van der Waals surface area contributed by atoms with E-state index in [0.717, 1.165) is 5.56 Å². The van der Waals surface area contributed by atoms with E-state index in [0.29, 0.717) is 12.0 Å². The zero-order chi connectivity index (χ0) is 13.9. The van der Waals surface area contributed by atoms with Crippen LogP contribution in [-0.4, -0.2) is 24.1 Å². The van der Waals surface area contributed by atoms with Crippen molar-refractivity contribution in [1.29, 1.82) is 0 Å². The molecule has 4 heteroatoms. The van der Waals surface area contributed by atoms with Crippen molar-refractivity contribution in [3.05, 3.63) is 35.4 Å². The molecule has 0 saturated carbocycles. The van der Waals surface area contributed by atoms with Gasteiger partial charge in [-0.2, -0.15) is 0 Å². The molecule has 1 saturated heterocycles. The normalized spacial score (nSPS) is 21.6. The van der Waals surface area contributed by atoms with Crippen molar-refractivity contribution < 1.29 is 19.1 Å². The van der Waals surface area contributed by atoms with E-state index in [1.807, 2.05) is 19.1 Å². The van der Waals surface area contributed by atoms with Gasteiger partial charge >= 0.3 is 11.9 Å². The van der Waals surface area contributed by atoms with Gasteiger partial charge < -0.3 is 9.47 Å². The molecule has 0 unspecified atom stereocenters. The summed E-state index contributed by atoms with van der Waals surface area (Å²) in [5, 5.41) is 0. The van der Waals surface area contributed by atoms with Gasteiger partial charge in [-0.25, -0.2) is 4.79 Å².